The van der Waals surface area contributed by atoms with Crippen LogP contribution in [0.4, 0.5) is 8.78 Å². The summed E-state index contributed by atoms with van der Waals surface area (Å²) < 4.78 is 24.6. The van der Waals surface area contributed by atoms with Crippen LogP contribution >= 0.6 is 0 Å². The molecule has 1 aliphatic rings. The van der Waals surface area contributed by atoms with Crippen LogP contribution in [-0.2, 0) is 4.79 Å². The van der Waals surface area contributed by atoms with Crippen LogP contribution in [0.25, 0.3) is 0 Å². The minimum absolute atomic E-state index is 0.0569. The second-order valence-electron chi connectivity index (χ2n) is 2.08. The summed E-state index contributed by atoms with van der Waals surface area (Å²) in [6.07, 6.45) is 1.50. The highest BCUT2D eigenvalue weighted by Gasteiger charge is 2.11. The number of allylic oxidation sites excluding steroid dienone is 4. The first kappa shape index (κ1) is 7.12. The molecule has 1 rings (SSSR count). The van der Waals surface area contributed by atoms with Crippen molar-refractivity contribution < 1.29 is 13.6 Å². The summed E-state index contributed by atoms with van der Waals surface area (Å²) in [5.41, 5.74) is 0.0569. The zero-order valence-electron chi connectivity index (χ0n) is 5.23. The lowest BCUT2D eigenvalue weighted by molar-refractivity contribution is -0.105. The summed E-state index contributed by atoms with van der Waals surface area (Å²) in [5.74, 6) is -1.23. The second kappa shape index (κ2) is 2.73. The van der Waals surface area contributed by atoms with Crippen molar-refractivity contribution in [2.24, 2.45) is 0 Å². The van der Waals surface area contributed by atoms with Crippen molar-refractivity contribution >= 4 is 6.29 Å². The highest BCUT2D eigenvalue weighted by molar-refractivity contribution is 5.75. The van der Waals surface area contributed by atoms with Gasteiger partial charge >= 0.3 is 0 Å². The van der Waals surface area contributed by atoms with Gasteiger partial charge in [-0.25, -0.2) is 8.78 Å². The van der Waals surface area contributed by atoms with Gasteiger partial charge in [-0.2, -0.15) is 0 Å². The Morgan fingerprint density at radius 3 is 2.60 bits per heavy atom. The Bertz CT molecular complexity index is 216. The molecule has 0 N–H and O–H groups in total. The molecule has 0 radical (unpaired) electrons. The maximum atomic E-state index is 12.4. The Kier molecular flexibility index (Phi) is 1.94. The van der Waals surface area contributed by atoms with Gasteiger partial charge in [0.1, 0.15) is 17.9 Å². The van der Waals surface area contributed by atoms with E-state index in [2.05, 4.69) is 0 Å². The van der Waals surface area contributed by atoms with Gasteiger partial charge in [0.2, 0.25) is 0 Å². The smallest absolute Gasteiger partial charge is 0.148 e. The van der Waals surface area contributed by atoms with Gasteiger partial charge in [0.25, 0.3) is 0 Å². The van der Waals surface area contributed by atoms with E-state index in [1.807, 2.05) is 0 Å². The predicted molar refractivity (Wildman–Crippen MR) is 32.6 cm³/mol. The Morgan fingerprint density at radius 2 is 2.10 bits per heavy atom. The number of hydrogen-bond acceptors (Lipinski definition) is 1. The van der Waals surface area contributed by atoms with E-state index in [4.69, 9.17) is 0 Å². The minimum atomic E-state index is -0.737. The van der Waals surface area contributed by atoms with Gasteiger partial charge < -0.3 is 0 Å². The molecule has 0 saturated heterocycles. The monoisotopic (exact) mass is 144 g/mol. The highest BCUT2D eigenvalue weighted by Crippen LogP contribution is 2.23. The lowest BCUT2D eigenvalue weighted by Crippen LogP contribution is -1.94. The SMILES string of the molecule is O=CC1=C(F)C=C(F)CC1. The quantitative estimate of drug-likeness (QED) is 0.515. The molecule has 0 bridgehead atoms. The highest BCUT2D eigenvalue weighted by atomic mass is 19.1. The molecule has 0 aromatic rings. The first-order valence-electron chi connectivity index (χ1n) is 2.94. The van der Waals surface area contributed by atoms with Crippen LogP contribution in [0.15, 0.2) is 23.3 Å². The van der Waals surface area contributed by atoms with Gasteiger partial charge in [0.15, 0.2) is 0 Å². The number of halogens is 2. The summed E-state index contributed by atoms with van der Waals surface area (Å²) in [7, 11) is 0. The van der Waals surface area contributed by atoms with E-state index in [1.165, 1.54) is 0 Å². The van der Waals surface area contributed by atoms with Gasteiger partial charge in [-0.05, 0) is 6.42 Å². The average molecular weight is 144 g/mol. The number of aldehydes is 1. The van der Waals surface area contributed by atoms with Crippen LogP contribution in [-0.4, -0.2) is 6.29 Å². The Balaban J connectivity index is 2.90. The van der Waals surface area contributed by atoms with Crippen molar-refractivity contribution in [1.82, 2.24) is 0 Å². The first-order valence-corrected chi connectivity index (χ1v) is 2.94. The number of carbonyl (C=O) groups excluding carboxylic acids is 1. The summed E-state index contributed by atoms with van der Waals surface area (Å²) in [4.78, 5) is 10.0. The molecule has 0 aromatic carbocycles. The largest absolute Gasteiger partial charge is 0.298 e. The number of rotatable bonds is 1. The first-order chi connectivity index (χ1) is 4.74. The van der Waals surface area contributed by atoms with E-state index in [0.717, 1.165) is 6.08 Å². The van der Waals surface area contributed by atoms with E-state index >= 15 is 0 Å². The van der Waals surface area contributed by atoms with Gasteiger partial charge in [0, 0.05) is 18.1 Å². The van der Waals surface area contributed by atoms with Crippen molar-refractivity contribution in [3.8, 4) is 0 Å². The zero-order chi connectivity index (χ0) is 7.56. The van der Waals surface area contributed by atoms with Crippen molar-refractivity contribution in [2.45, 2.75) is 12.8 Å². The van der Waals surface area contributed by atoms with E-state index in [9.17, 15) is 13.6 Å². The summed E-state index contributed by atoms with van der Waals surface area (Å²) in [6, 6.07) is 0. The van der Waals surface area contributed by atoms with Crippen molar-refractivity contribution in [3.05, 3.63) is 23.3 Å². The van der Waals surface area contributed by atoms with Gasteiger partial charge in [-0.3, -0.25) is 4.79 Å². The summed E-state index contributed by atoms with van der Waals surface area (Å²) >= 11 is 0. The number of carbonyl (C=O) groups is 1. The fraction of sp³-hybridized carbons (Fsp3) is 0.286. The summed E-state index contributed by atoms with van der Waals surface area (Å²) in [6.45, 7) is 0. The topological polar surface area (TPSA) is 17.1 Å². The van der Waals surface area contributed by atoms with E-state index in [1.54, 1.807) is 0 Å². The molecule has 0 aliphatic heterocycles. The third-order valence-electron chi connectivity index (χ3n) is 1.37. The molecule has 1 nitrogen and oxygen atoms in total. The van der Waals surface area contributed by atoms with Crippen LogP contribution in [0.3, 0.4) is 0 Å². The van der Waals surface area contributed by atoms with E-state index < -0.39 is 11.7 Å². The van der Waals surface area contributed by atoms with E-state index in [0.29, 0.717) is 6.29 Å². The molecule has 54 valence electrons. The van der Waals surface area contributed by atoms with Crippen LogP contribution in [0, 0.1) is 0 Å². The molecule has 10 heavy (non-hydrogen) atoms. The lowest BCUT2D eigenvalue weighted by Gasteiger charge is -2.04. The van der Waals surface area contributed by atoms with Crippen LogP contribution in [0.1, 0.15) is 12.8 Å². The second-order valence-corrected chi connectivity index (χ2v) is 2.08. The van der Waals surface area contributed by atoms with Gasteiger partial charge in [0.05, 0.1) is 0 Å². The summed E-state index contributed by atoms with van der Waals surface area (Å²) in [5, 5.41) is 0. The molecule has 0 spiro atoms. The molecule has 3 heteroatoms. The fourth-order valence-corrected chi connectivity index (χ4v) is 0.791. The van der Waals surface area contributed by atoms with Gasteiger partial charge in [-0.15, -0.1) is 0 Å². The molecular weight excluding hydrogens is 138 g/mol. The Hall–Kier alpha value is -0.990. The molecule has 0 amide bonds. The molecule has 0 fully saturated rings. The molecular formula is C7H6F2O. The van der Waals surface area contributed by atoms with Crippen LogP contribution < -0.4 is 0 Å². The third kappa shape index (κ3) is 1.29. The third-order valence-corrected chi connectivity index (χ3v) is 1.37. The lowest BCUT2D eigenvalue weighted by atomic mass is 10.1. The number of hydrogen-bond donors (Lipinski definition) is 0. The van der Waals surface area contributed by atoms with Crippen LogP contribution in [0.5, 0.6) is 0 Å². The van der Waals surface area contributed by atoms with Crippen molar-refractivity contribution in [1.29, 1.82) is 0 Å². The normalized spacial score (nSPS) is 18.8. The molecule has 0 heterocycles. The van der Waals surface area contributed by atoms with Crippen LogP contribution in [0.2, 0.25) is 0 Å². The predicted octanol–water partition coefficient (Wildman–Crippen LogP) is 2.06. The zero-order valence-corrected chi connectivity index (χ0v) is 5.23. The van der Waals surface area contributed by atoms with Crippen molar-refractivity contribution in [2.75, 3.05) is 0 Å². The maximum absolute atomic E-state index is 12.4. The molecule has 0 aromatic heterocycles. The Labute approximate surface area is 57.0 Å². The standard InChI is InChI=1S/C7H6F2O/c8-6-2-1-5(4-10)7(9)3-6/h3-4H,1-2H2. The molecule has 0 unspecified atom stereocenters. The van der Waals surface area contributed by atoms with Crippen molar-refractivity contribution in [3.63, 3.8) is 0 Å². The molecule has 0 saturated carbocycles. The maximum Gasteiger partial charge on any atom is 0.148 e. The fourth-order valence-electron chi connectivity index (χ4n) is 0.791. The van der Waals surface area contributed by atoms with Gasteiger partial charge in [-0.1, -0.05) is 0 Å². The van der Waals surface area contributed by atoms with E-state index in [-0.39, 0.29) is 18.4 Å². The molecule has 1 aliphatic carbocycles. The minimum Gasteiger partial charge on any atom is -0.298 e. The molecule has 0 atom stereocenters. The average Bonchev–Trinajstić information content (AvgIpc) is 1.88. The Morgan fingerprint density at radius 1 is 1.40 bits per heavy atom.